The SMILES string of the molecule is CC(C)CCCC(C)NC(=O)c1cnccc1N. The van der Waals surface area contributed by atoms with Gasteiger partial charge in [0.05, 0.1) is 5.56 Å². The van der Waals surface area contributed by atoms with Gasteiger partial charge in [-0.15, -0.1) is 0 Å². The van der Waals surface area contributed by atoms with Gasteiger partial charge in [-0.1, -0.05) is 26.7 Å². The van der Waals surface area contributed by atoms with Crippen molar-refractivity contribution >= 4 is 11.6 Å². The van der Waals surface area contributed by atoms with E-state index in [1.54, 1.807) is 12.3 Å². The Morgan fingerprint density at radius 1 is 1.39 bits per heavy atom. The summed E-state index contributed by atoms with van der Waals surface area (Å²) in [5, 5.41) is 2.95. The minimum Gasteiger partial charge on any atom is -0.398 e. The van der Waals surface area contributed by atoms with E-state index in [9.17, 15) is 4.79 Å². The highest BCUT2D eigenvalue weighted by molar-refractivity contribution is 5.98. The molecule has 1 atom stereocenters. The summed E-state index contributed by atoms with van der Waals surface area (Å²) in [7, 11) is 0. The number of anilines is 1. The predicted octanol–water partition coefficient (Wildman–Crippen LogP) is 2.61. The number of nitrogens with zero attached hydrogens (tertiary/aromatic N) is 1. The number of carbonyl (C=O) groups is 1. The smallest absolute Gasteiger partial charge is 0.255 e. The Bertz CT molecular complexity index is 390. The van der Waals surface area contributed by atoms with Crippen LogP contribution in [-0.4, -0.2) is 16.9 Å². The number of hydrogen-bond donors (Lipinski definition) is 2. The molecular weight excluding hydrogens is 226 g/mol. The van der Waals surface area contributed by atoms with Crippen LogP contribution in [0.15, 0.2) is 18.5 Å². The van der Waals surface area contributed by atoms with Gasteiger partial charge in [-0.2, -0.15) is 0 Å². The van der Waals surface area contributed by atoms with Crippen LogP contribution in [0, 0.1) is 5.92 Å². The lowest BCUT2D eigenvalue weighted by molar-refractivity contribution is 0.0938. The second kappa shape index (κ2) is 6.99. The Morgan fingerprint density at radius 2 is 2.11 bits per heavy atom. The Kier molecular flexibility index (Phi) is 5.62. The Hall–Kier alpha value is -1.58. The third-order valence-corrected chi connectivity index (χ3v) is 2.90. The third kappa shape index (κ3) is 4.73. The second-order valence-electron chi connectivity index (χ2n) is 5.16. The number of nitrogen functional groups attached to an aromatic ring is 1. The van der Waals surface area contributed by atoms with Crippen LogP contribution in [0.4, 0.5) is 5.69 Å². The van der Waals surface area contributed by atoms with E-state index in [4.69, 9.17) is 5.73 Å². The molecule has 0 aromatic carbocycles. The van der Waals surface area contributed by atoms with E-state index in [0.29, 0.717) is 17.2 Å². The predicted molar refractivity (Wildman–Crippen MR) is 74.3 cm³/mol. The van der Waals surface area contributed by atoms with Gasteiger partial charge >= 0.3 is 0 Å². The summed E-state index contributed by atoms with van der Waals surface area (Å²) in [6, 6.07) is 1.80. The molecule has 0 saturated carbocycles. The van der Waals surface area contributed by atoms with Gasteiger partial charge in [-0.3, -0.25) is 9.78 Å². The maximum atomic E-state index is 11.9. The molecule has 1 aromatic rings. The summed E-state index contributed by atoms with van der Waals surface area (Å²) in [5.41, 5.74) is 6.66. The van der Waals surface area contributed by atoms with Crippen molar-refractivity contribution in [2.75, 3.05) is 5.73 Å². The topological polar surface area (TPSA) is 68.0 Å². The number of nitrogens with one attached hydrogen (secondary N) is 1. The first-order valence-electron chi connectivity index (χ1n) is 6.51. The van der Waals surface area contributed by atoms with E-state index < -0.39 is 0 Å². The van der Waals surface area contributed by atoms with Crippen LogP contribution in [-0.2, 0) is 0 Å². The van der Waals surface area contributed by atoms with Crippen molar-refractivity contribution in [3.8, 4) is 0 Å². The van der Waals surface area contributed by atoms with Crippen LogP contribution >= 0.6 is 0 Å². The number of nitrogens with two attached hydrogens (primary N) is 1. The summed E-state index contributed by atoms with van der Waals surface area (Å²) in [6.07, 6.45) is 6.39. The lowest BCUT2D eigenvalue weighted by Gasteiger charge is -2.15. The van der Waals surface area contributed by atoms with E-state index in [1.165, 1.54) is 12.6 Å². The summed E-state index contributed by atoms with van der Waals surface area (Å²) in [6.45, 7) is 6.43. The number of hydrogen-bond acceptors (Lipinski definition) is 3. The first kappa shape index (κ1) is 14.5. The van der Waals surface area contributed by atoms with Crippen molar-refractivity contribution in [1.29, 1.82) is 0 Å². The van der Waals surface area contributed by atoms with Crippen molar-refractivity contribution in [1.82, 2.24) is 10.3 Å². The normalized spacial score (nSPS) is 12.4. The van der Waals surface area contributed by atoms with Gasteiger partial charge in [0, 0.05) is 24.1 Å². The number of amides is 1. The molecule has 1 heterocycles. The zero-order valence-corrected chi connectivity index (χ0v) is 11.4. The van der Waals surface area contributed by atoms with Crippen LogP contribution in [0.1, 0.15) is 50.4 Å². The van der Waals surface area contributed by atoms with Crippen molar-refractivity contribution in [2.24, 2.45) is 5.92 Å². The van der Waals surface area contributed by atoms with Gasteiger partial charge in [0.15, 0.2) is 0 Å². The molecule has 1 unspecified atom stereocenters. The highest BCUT2D eigenvalue weighted by atomic mass is 16.1. The fourth-order valence-electron chi connectivity index (χ4n) is 1.80. The molecule has 0 radical (unpaired) electrons. The Morgan fingerprint density at radius 3 is 2.72 bits per heavy atom. The van der Waals surface area contributed by atoms with Crippen molar-refractivity contribution in [3.63, 3.8) is 0 Å². The lowest BCUT2D eigenvalue weighted by atomic mass is 10.0. The first-order valence-corrected chi connectivity index (χ1v) is 6.51. The molecule has 0 fully saturated rings. The van der Waals surface area contributed by atoms with E-state index in [-0.39, 0.29) is 11.9 Å². The molecule has 0 aliphatic carbocycles. The average Bonchev–Trinajstić information content (AvgIpc) is 2.28. The highest BCUT2D eigenvalue weighted by Crippen LogP contribution is 2.11. The number of aromatic nitrogens is 1. The van der Waals surface area contributed by atoms with Gasteiger partial charge in [0.1, 0.15) is 0 Å². The first-order chi connectivity index (χ1) is 8.50. The molecule has 0 aliphatic heterocycles. The summed E-state index contributed by atoms with van der Waals surface area (Å²) in [4.78, 5) is 15.9. The molecule has 0 aliphatic rings. The lowest BCUT2D eigenvalue weighted by Crippen LogP contribution is -2.33. The van der Waals surface area contributed by atoms with Gasteiger partial charge in [-0.05, 0) is 25.3 Å². The van der Waals surface area contributed by atoms with Crippen LogP contribution in [0.5, 0.6) is 0 Å². The fraction of sp³-hybridized carbons (Fsp3) is 0.571. The molecule has 100 valence electrons. The Labute approximate surface area is 109 Å². The number of rotatable bonds is 6. The third-order valence-electron chi connectivity index (χ3n) is 2.90. The molecule has 0 bridgehead atoms. The van der Waals surface area contributed by atoms with E-state index in [0.717, 1.165) is 12.8 Å². The summed E-state index contributed by atoms with van der Waals surface area (Å²) in [5.74, 6) is 0.569. The summed E-state index contributed by atoms with van der Waals surface area (Å²) >= 11 is 0. The van der Waals surface area contributed by atoms with Crippen LogP contribution in [0.25, 0.3) is 0 Å². The fourth-order valence-corrected chi connectivity index (χ4v) is 1.80. The van der Waals surface area contributed by atoms with E-state index in [1.807, 2.05) is 6.92 Å². The van der Waals surface area contributed by atoms with Gasteiger partial charge in [-0.25, -0.2) is 0 Å². The molecule has 1 rings (SSSR count). The maximum Gasteiger partial charge on any atom is 0.255 e. The minimum atomic E-state index is -0.141. The molecule has 4 nitrogen and oxygen atoms in total. The molecule has 3 N–H and O–H groups in total. The largest absolute Gasteiger partial charge is 0.398 e. The number of pyridine rings is 1. The van der Waals surface area contributed by atoms with Crippen molar-refractivity contribution < 1.29 is 4.79 Å². The number of carbonyl (C=O) groups excluding carboxylic acids is 1. The molecule has 4 heteroatoms. The minimum absolute atomic E-state index is 0.141. The van der Waals surface area contributed by atoms with E-state index >= 15 is 0 Å². The molecule has 1 amide bonds. The molecular formula is C14H23N3O. The van der Waals surface area contributed by atoms with Gasteiger partial charge in [0.25, 0.3) is 5.91 Å². The van der Waals surface area contributed by atoms with Crippen LogP contribution < -0.4 is 11.1 Å². The quantitative estimate of drug-likeness (QED) is 0.814. The average molecular weight is 249 g/mol. The van der Waals surface area contributed by atoms with Crippen LogP contribution in [0.3, 0.4) is 0 Å². The van der Waals surface area contributed by atoms with Crippen molar-refractivity contribution in [3.05, 3.63) is 24.0 Å². The van der Waals surface area contributed by atoms with Crippen molar-refractivity contribution in [2.45, 2.75) is 46.1 Å². The monoisotopic (exact) mass is 249 g/mol. The zero-order valence-electron chi connectivity index (χ0n) is 11.4. The van der Waals surface area contributed by atoms with E-state index in [2.05, 4.69) is 24.1 Å². The molecule has 0 saturated heterocycles. The van der Waals surface area contributed by atoms with Crippen LogP contribution in [0.2, 0.25) is 0 Å². The standard InChI is InChI=1S/C14H23N3O/c1-10(2)5-4-6-11(3)17-14(18)12-9-16-8-7-13(12)15/h7-11H,4-6H2,1-3H3,(H2,15,16)(H,17,18). The molecule has 0 spiro atoms. The zero-order chi connectivity index (χ0) is 13.5. The molecule has 1 aromatic heterocycles. The second-order valence-corrected chi connectivity index (χ2v) is 5.16. The maximum absolute atomic E-state index is 11.9. The van der Waals surface area contributed by atoms with Gasteiger partial charge < -0.3 is 11.1 Å². The Balaban J connectivity index is 2.43. The van der Waals surface area contributed by atoms with Gasteiger partial charge in [0.2, 0.25) is 0 Å². The summed E-state index contributed by atoms with van der Waals surface area (Å²) < 4.78 is 0. The highest BCUT2D eigenvalue weighted by Gasteiger charge is 2.12. The molecule has 18 heavy (non-hydrogen) atoms.